The highest BCUT2D eigenvalue weighted by molar-refractivity contribution is 7.89. The number of hydrogen-bond acceptors (Lipinski definition) is 7. The average molecular weight is 739 g/mol. The van der Waals surface area contributed by atoms with Crippen molar-refractivity contribution in [2.45, 2.75) is 49.9 Å². The van der Waals surface area contributed by atoms with E-state index in [1.165, 1.54) is 12.1 Å². The van der Waals surface area contributed by atoms with E-state index in [1.54, 1.807) is 30.3 Å². The van der Waals surface area contributed by atoms with Crippen LogP contribution in [0, 0.1) is 0 Å². The Hall–Kier alpha value is -4.07. The van der Waals surface area contributed by atoms with Gasteiger partial charge in [0.05, 0.1) is 22.9 Å². The van der Waals surface area contributed by atoms with Gasteiger partial charge in [-0.3, -0.25) is 9.35 Å². The lowest BCUT2D eigenvalue weighted by atomic mass is 9.93. The van der Waals surface area contributed by atoms with Gasteiger partial charge in [-0.2, -0.15) is 8.42 Å². The maximum Gasteiger partial charge on any atom is 0.295 e. The first-order valence-corrected chi connectivity index (χ1v) is 19.9. The van der Waals surface area contributed by atoms with Gasteiger partial charge in [0.25, 0.3) is 10.1 Å². The Labute approximate surface area is 298 Å². The fraction of sp³-hybridized carbons (Fsp3) is 0.297. The largest absolute Gasteiger partial charge is 0.456 e. The molecule has 264 valence electrons. The summed E-state index contributed by atoms with van der Waals surface area (Å²) in [4.78, 5) is 13.8. The van der Waals surface area contributed by atoms with Gasteiger partial charge in [0.1, 0.15) is 29.3 Å². The highest BCUT2D eigenvalue weighted by Crippen LogP contribution is 2.43. The summed E-state index contributed by atoms with van der Waals surface area (Å²) >= 11 is 5.83. The summed E-state index contributed by atoms with van der Waals surface area (Å²) < 4.78 is 75.2. The van der Waals surface area contributed by atoms with Crippen LogP contribution in [0.4, 0.5) is 5.69 Å². The standard InChI is InChI=1S/C37H40ClN3O7S2/c1-5-40(6-2)26-14-17-29-34(21-26)48-35-22-27(41(7-3)8-4)15-18-30(35)37(29)31-19-16-28(23-36(31)50(45,46)47)49(43,44)39-32(33(42)24-38)20-25-12-10-9-11-13-25/h9-19,21-23,32,39H,5-8,20,24H2,1-4H3/p+1. The number of carbonyl (C=O) groups is 1. The number of Topliss-reactive ketones (excluding diaryl/α,β-unsaturated/α-hetero) is 1. The molecule has 0 bridgehead atoms. The summed E-state index contributed by atoms with van der Waals surface area (Å²) in [6, 6.07) is 22.5. The minimum atomic E-state index is -4.99. The molecule has 0 spiro atoms. The van der Waals surface area contributed by atoms with Crippen LogP contribution in [-0.2, 0) is 31.4 Å². The number of nitrogens with one attached hydrogen (secondary N) is 1. The maximum absolute atomic E-state index is 13.7. The number of hydrogen-bond donors (Lipinski definition) is 2. The molecule has 50 heavy (non-hydrogen) atoms. The fourth-order valence-corrected chi connectivity index (χ4v) is 8.47. The molecule has 1 heterocycles. The van der Waals surface area contributed by atoms with Crippen LogP contribution in [0.5, 0.6) is 0 Å². The van der Waals surface area contributed by atoms with Gasteiger partial charge in [0, 0.05) is 53.0 Å². The smallest absolute Gasteiger partial charge is 0.295 e. The zero-order valence-corrected chi connectivity index (χ0v) is 30.8. The lowest BCUT2D eigenvalue weighted by Gasteiger charge is -2.23. The third kappa shape index (κ3) is 7.79. The second-order valence-corrected chi connectivity index (χ2v) is 15.2. The molecule has 3 aromatic carbocycles. The zero-order chi connectivity index (χ0) is 36.2. The van der Waals surface area contributed by atoms with Crippen molar-refractivity contribution in [3.63, 3.8) is 0 Å². The van der Waals surface area contributed by atoms with Crippen LogP contribution in [0.15, 0.2) is 99.1 Å². The van der Waals surface area contributed by atoms with Gasteiger partial charge < -0.3 is 9.32 Å². The van der Waals surface area contributed by atoms with Crippen molar-refractivity contribution >= 4 is 54.2 Å². The molecule has 2 N–H and O–H groups in total. The van der Waals surface area contributed by atoms with E-state index >= 15 is 0 Å². The molecule has 2 aliphatic rings. The lowest BCUT2D eigenvalue weighted by molar-refractivity contribution is -0.118. The number of anilines is 1. The number of carbonyl (C=O) groups excluding carboxylic acids is 1. The number of sulfonamides is 1. The SMILES string of the molecule is CCN(CC)c1ccc2c(-c3ccc(S(=O)(=O)NC(Cc4ccccc4)C(=O)CCl)cc3S(=O)(=O)O)c3ccc(=[N+](CC)CC)cc-3oc2c1. The highest BCUT2D eigenvalue weighted by Gasteiger charge is 2.30. The third-order valence-corrected chi connectivity index (χ3v) is 11.5. The van der Waals surface area contributed by atoms with E-state index in [0.717, 1.165) is 43.3 Å². The second kappa shape index (κ2) is 15.4. The molecule has 0 saturated heterocycles. The first kappa shape index (κ1) is 37.2. The van der Waals surface area contributed by atoms with Gasteiger partial charge in [0.15, 0.2) is 5.78 Å². The summed E-state index contributed by atoms with van der Waals surface area (Å²) in [5.41, 5.74) is 3.20. The Bertz CT molecular complexity index is 2280. The van der Waals surface area contributed by atoms with Crippen molar-refractivity contribution in [3.05, 3.63) is 95.8 Å². The molecule has 0 fully saturated rings. The molecule has 0 radical (unpaired) electrons. The Kier molecular flexibility index (Phi) is 11.5. The molecule has 1 aliphatic heterocycles. The van der Waals surface area contributed by atoms with Gasteiger partial charge in [-0.1, -0.05) is 36.4 Å². The fourth-order valence-electron chi connectivity index (χ4n) is 6.24. The van der Waals surface area contributed by atoms with E-state index in [0.29, 0.717) is 33.4 Å². The molecule has 3 aromatic rings. The van der Waals surface area contributed by atoms with Crippen LogP contribution in [0.3, 0.4) is 0 Å². The summed E-state index contributed by atoms with van der Waals surface area (Å²) in [6.45, 7) is 11.2. The minimum Gasteiger partial charge on any atom is -0.456 e. The number of alkyl halides is 1. The molecule has 1 unspecified atom stereocenters. The van der Waals surface area contributed by atoms with Crippen LogP contribution in [0.25, 0.3) is 33.4 Å². The van der Waals surface area contributed by atoms with E-state index in [-0.39, 0.29) is 12.0 Å². The predicted octanol–water partition coefficient (Wildman–Crippen LogP) is 5.81. The molecule has 5 rings (SSSR count). The van der Waals surface area contributed by atoms with Gasteiger partial charge in [0.2, 0.25) is 15.4 Å². The summed E-state index contributed by atoms with van der Waals surface area (Å²) in [5, 5.41) is 1.48. The van der Waals surface area contributed by atoms with E-state index in [9.17, 15) is 26.2 Å². The zero-order valence-electron chi connectivity index (χ0n) is 28.4. The highest BCUT2D eigenvalue weighted by atomic mass is 35.5. The summed E-state index contributed by atoms with van der Waals surface area (Å²) in [6.07, 6.45) is 0.0331. The van der Waals surface area contributed by atoms with Crippen molar-refractivity contribution in [2.24, 2.45) is 0 Å². The lowest BCUT2D eigenvalue weighted by Crippen LogP contribution is -2.43. The van der Waals surface area contributed by atoms with Gasteiger partial charge >= 0.3 is 0 Å². The van der Waals surface area contributed by atoms with Gasteiger partial charge in [-0.05, 0) is 70.0 Å². The maximum atomic E-state index is 13.7. The number of fused-ring (bicyclic) bond motifs is 2. The van der Waals surface area contributed by atoms with Crippen LogP contribution < -0.4 is 19.6 Å². The van der Waals surface area contributed by atoms with Crippen molar-refractivity contribution in [1.29, 1.82) is 0 Å². The van der Waals surface area contributed by atoms with Gasteiger partial charge in [-0.25, -0.2) is 17.7 Å². The Morgan fingerprint density at radius 1 is 0.880 bits per heavy atom. The first-order valence-electron chi connectivity index (χ1n) is 16.4. The van der Waals surface area contributed by atoms with Gasteiger partial charge in [-0.15, -0.1) is 11.6 Å². The summed E-state index contributed by atoms with van der Waals surface area (Å²) in [5.74, 6) is -0.498. The van der Waals surface area contributed by atoms with E-state index in [1.807, 2.05) is 64.1 Å². The van der Waals surface area contributed by atoms with E-state index in [2.05, 4.69) is 14.2 Å². The molecule has 0 amide bonds. The van der Waals surface area contributed by atoms with Crippen LogP contribution in [-0.4, -0.2) is 65.3 Å². The van der Waals surface area contributed by atoms with Crippen molar-refractivity contribution in [3.8, 4) is 22.5 Å². The molecular formula is C37H41ClN3O7S2+. The quantitative estimate of drug-likeness (QED) is 0.0631. The molecule has 0 saturated carbocycles. The molecule has 10 nitrogen and oxygen atoms in total. The number of nitrogens with zero attached hydrogens (tertiary/aromatic N) is 2. The molecule has 1 atom stereocenters. The van der Waals surface area contributed by atoms with Crippen LogP contribution in [0.2, 0.25) is 0 Å². The molecule has 0 aromatic heterocycles. The molecule has 1 aliphatic carbocycles. The summed E-state index contributed by atoms with van der Waals surface area (Å²) in [7, 11) is -9.46. The average Bonchev–Trinajstić information content (AvgIpc) is 3.10. The topological polar surface area (TPSA) is 137 Å². The Morgan fingerprint density at radius 3 is 2.18 bits per heavy atom. The van der Waals surface area contributed by atoms with E-state index in [4.69, 9.17) is 16.0 Å². The number of ketones is 1. The predicted molar refractivity (Wildman–Crippen MR) is 198 cm³/mol. The second-order valence-electron chi connectivity index (χ2n) is 11.8. The van der Waals surface area contributed by atoms with Crippen molar-refractivity contribution in [1.82, 2.24) is 9.30 Å². The monoisotopic (exact) mass is 738 g/mol. The molecule has 13 heteroatoms. The first-order chi connectivity index (χ1) is 23.8. The normalized spacial score (nSPS) is 12.7. The van der Waals surface area contributed by atoms with E-state index < -0.39 is 47.6 Å². The van der Waals surface area contributed by atoms with Crippen LogP contribution >= 0.6 is 11.6 Å². The number of benzene rings is 4. The van der Waals surface area contributed by atoms with Crippen molar-refractivity contribution in [2.75, 3.05) is 37.0 Å². The minimum absolute atomic E-state index is 0.0331. The number of halogens is 1. The Morgan fingerprint density at radius 2 is 1.56 bits per heavy atom. The molecular weight excluding hydrogens is 698 g/mol. The van der Waals surface area contributed by atoms with Crippen LogP contribution in [0.1, 0.15) is 33.3 Å². The number of rotatable bonds is 14. The Balaban J connectivity index is 1.74. The van der Waals surface area contributed by atoms with Crippen molar-refractivity contribution < 1.29 is 30.6 Å². The third-order valence-electron chi connectivity index (χ3n) is 8.86.